The van der Waals surface area contributed by atoms with Crippen molar-refractivity contribution in [2.75, 3.05) is 6.54 Å². The summed E-state index contributed by atoms with van der Waals surface area (Å²) in [7, 11) is 0. The van der Waals surface area contributed by atoms with E-state index in [1.165, 1.54) is 0 Å². The number of fused-ring (bicyclic) bond motifs is 1. The number of benzene rings is 1. The van der Waals surface area contributed by atoms with E-state index in [4.69, 9.17) is 11.6 Å². The van der Waals surface area contributed by atoms with Crippen LogP contribution in [0.1, 0.15) is 31.1 Å². The van der Waals surface area contributed by atoms with Crippen LogP contribution in [0.15, 0.2) is 30.5 Å². The van der Waals surface area contributed by atoms with Gasteiger partial charge in [0.15, 0.2) is 0 Å². The number of hydrogen-bond acceptors (Lipinski definition) is 3. The normalized spacial score (nSPS) is 14.2. The lowest BCUT2D eigenvalue weighted by molar-refractivity contribution is 0.0142. The van der Waals surface area contributed by atoms with Gasteiger partial charge in [0.1, 0.15) is 0 Å². The summed E-state index contributed by atoms with van der Waals surface area (Å²) in [4.78, 5) is 16.6. The standard InChI is InChI=1S/C16H19ClN2O2/c1-10(2)16(3,21)9-19-15(20)13-8-12(17)7-11-5-4-6-18-14(11)13/h4-8,10,21H,9H2,1-3H3,(H,19,20). The topological polar surface area (TPSA) is 62.2 Å². The summed E-state index contributed by atoms with van der Waals surface area (Å²) in [5.41, 5.74) is 0.0542. The molecule has 0 spiro atoms. The van der Waals surface area contributed by atoms with Crippen molar-refractivity contribution in [2.24, 2.45) is 5.92 Å². The van der Waals surface area contributed by atoms with E-state index in [1.54, 1.807) is 31.3 Å². The van der Waals surface area contributed by atoms with E-state index in [0.717, 1.165) is 5.39 Å². The highest BCUT2D eigenvalue weighted by atomic mass is 35.5. The molecule has 2 rings (SSSR count). The predicted molar refractivity (Wildman–Crippen MR) is 84.5 cm³/mol. The van der Waals surface area contributed by atoms with E-state index in [0.29, 0.717) is 16.1 Å². The van der Waals surface area contributed by atoms with Crippen molar-refractivity contribution in [2.45, 2.75) is 26.4 Å². The fourth-order valence-electron chi connectivity index (χ4n) is 1.89. The average Bonchev–Trinajstić information content (AvgIpc) is 2.43. The van der Waals surface area contributed by atoms with Gasteiger partial charge in [0, 0.05) is 23.2 Å². The van der Waals surface area contributed by atoms with Crippen LogP contribution in [0.25, 0.3) is 10.9 Å². The third-order valence-electron chi connectivity index (χ3n) is 3.76. The van der Waals surface area contributed by atoms with Gasteiger partial charge in [-0.3, -0.25) is 9.78 Å². The third kappa shape index (κ3) is 3.52. The summed E-state index contributed by atoms with van der Waals surface area (Å²) in [5.74, 6) is -0.255. The van der Waals surface area contributed by atoms with Crippen LogP contribution < -0.4 is 5.32 Å². The van der Waals surface area contributed by atoms with Gasteiger partial charge < -0.3 is 10.4 Å². The Balaban J connectivity index is 2.28. The molecule has 0 aliphatic rings. The van der Waals surface area contributed by atoms with E-state index in [1.807, 2.05) is 19.9 Å². The Morgan fingerprint density at radius 3 is 2.86 bits per heavy atom. The number of nitrogens with zero attached hydrogens (tertiary/aromatic N) is 1. The monoisotopic (exact) mass is 306 g/mol. The van der Waals surface area contributed by atoms with Crippen LogP contribution in [-0.4, -0.2) is 28.1 Å². The number of nitrogens with one attached hydrogen (secondary N) is 1. The van der Waals surface area contributed by atoms with Crippen LogP contribution >= 0.6 is 11.6 Å². The molecule has 2 aromatic rings. The quantitative estimate of drug-likeness (QED) is 0.912. The summed E-state index contributed by atoms with van der Waals surface area (Å²) in [5, 5.41) is 14.2. The Morgan fingerprint density at radius 1 is 1.48 bits per heavy atom. The lowest BCUT2D eigenvalue weighted by Gasteiger charge is -2.27. The second kappa shape index (κ2) is 6.00. The molecule has 4 nitrogen and oxygen atoms in total. The lowest BCUT2D eigenvalue weighted by atomic mass is 9.92. The summed E-state index contributed by atoms with van der Waals surface area (Å²) in [6.45, 7) is 5.68. The van der Waals surface area contributed by atoms with Crippen molar-refractivity contribution in [3.05, 3.63) is 41.0 Å². The number of carbonyl (C=O) groups is 1. The second-order valence-corrected chi connectivity index (χ2v) is 6.16. The molecule has 0 fully saturated rings. The fraction of sp³-hybridized carbons (Fsp3) is 0.375. The van der Waals surface area contributed by atoms with Gasteiger partial charge in [0.2, 0.25) is 0 Å². The molecule has 2 N–H and O–H groups in total. The van der Waals surface area contributed by atoms with Crippen LogP contribution in [0.2, 0.25) is 5.02 Å². The maximum absolute atomic E-state index is 12.4. The first-order valence-corrected chi connectivity index (χ1v) is 7.24. The minimum absolute atomic E-state index is 0.0343. The average molecular weight is 307 g/mol. The first-order chi connectivity index (χ1) is 9.81. The largest absolute Gasteiger partial charge is 0.388 e. The smallest absolute Gasteiger partial charge is 0.253 e. The molecule has 0 saturated heterocycles. The minimum Gasteiger partial charge on any atom is -0.388 e. The highest BCUT2D eigenvalue weighted by Gasteiger charge is 2.26. The molecule has 1 atom stereocenters. The maximum atomic E-state index is 12.4. The summed E-state index contributed by atoms with van der Waals surface area (Å²) < 4.78 is 0. The first kappa shape index (κ1) is 15.7. The molecule has 21 heavy (non-hydrogen) atoms. The van der Waals surface area contributed by atoms with E-state index < -0.39 is 5.60 Å². The second-order valence-electron chi connectivity index (χ2n) is 5.72. The van der Waals surface area contributed by atoms with Crippen molar-refractivity contribution in [1.29, 1.82) is 0 Å². The van der Waals surface area contributed by atoms with E-state index in [2.05, 4.69) is 10.3 Å². The number of pyridine rings is 1. The molecule has 1 aromatic carbocycles. The number of amides is 1. The highest BCUT2D eigenvalue weighted by molar-refractivity contribution is 6.32. The zero-order valence-corrected chi connectivity index (χ0v) is 13.1. The fourth-order valence-corrected chi connectivity index (χ4v) is 2.11. The Labute approximate surface area is 129 Å². The molecular weight excluding hydrogens is 288 g/mol. The molecule has 1 amide bonds. The van der Waals surface area contributed by atoms with Crippen molar-refractivity contribution in [3.63, 3.8) is 0 Å². The summed E-state index contributed by atoms with van der Waals surface area (Å²) in [6, 6.07) is 7.01. The highest BCUT2D eigenvalue weighted by Crippen LogP contribution is 2.22. The first-order valence-electron chi connectivity index (χ1n) is 6.86. The van der Waals surface area contributed by atoms with Gasteiger partial charge in [-0.05, 0) is 31.0 Å². The number of halogens is 1. The molecule has 5 heteroatoms. The SMILES string of the molecule is CC(C)C(C)(O)CNC(=O)c1cc(Cl)cc2cccnc12. The minimum atomic E-state index is -0.961. The van der Waals surface area contributed by atoms with Crippen molar-refractivity contribution >= 4 is 28.4 Å². The van der Waals surface area contributed by atoms with Crippen LogP contribution in [0.3, 0.4) is 0 Å². The molecule has 1 heterocycles. The van der Waals surface area contributed by atoms with Crippen LogP contribution in [0.5, 0.6) is 0 Å². The molecule has 0 bridgehead atoms. The molecule has 0 aliphatic heterocycles. The van der Waals surface area contributed by atoms with Gasteiger partial charge in [-0.25, -0.2) is 0 Å². The van der Waals surface area contributed by atoms with Gasteiger partial charge >= 0.3 is 0 Å². The van der Waals surface area contributed by atoms with Gasteiger partial charge in [-0.1, -0.05) is 31.5 Å². The summed E-state index contributed by atoms with van der Waals surface area (Å²) in [6.07, 6.45) is 1.64. The van der Waals surface area contributed by atoms with Gasteiger partial charge in [0.25, 0.3) is 5.91 Å². The molecule has 112 valence electrons. The molecule has 0 saturated carbocycles. The van der Waals surface area contributed by atoms with Gasteiger partial charge in [-0.15, -0.1) is 0 Å². The molecule has 0 aliphatic carbocycles. The number of aliphatic hydroxyl groups is 1. The van der Waals surface area contributed by atoms with Crippen molar-refractivity contribution < 1.29 is 9.90 Å². The zero-order chi connectivity index (χ0) is 15.6. The Bertz CT molecular complexity index is 668. The Hall–Kier alpha value is -1.65. The van der Waals surface area contributed by atoms with Crippen LogP contribution in [-0.2, 0) is 0 Å². The molecule has 1 unspecified atom stereocenters. The van der Waals surface area contributed by atoms with Gasteiger partial charge in [0.05, 0.1) is 16.7 Å². The summed E-state index contributed by atoms with van der Waals surface area (Å²) >= 11 is 6.05. The van der Waals surface area contributed by atoms with E-state index >= 15 is 0 Å². The number of hydrogen-bond donors (Lipinski definition) is 2. The number of aromatic nitrogens is 1. The maximum Gasteiger partial charge on any atom is 0.253 e. The molecule has 0 radical (unpaired) electrons. The lowest BCUT2D eigenvalue weighted by Crippen LogP contribution is -2.44. The van der Waals surface area contributed by atoms with Crippen LogP contribution in [0, 0.1) is 5.92 Å². The van der Waals surface area contributed by atoms with E-state index in [9.17, 15) is 9.90 Å². The zero-order valence-electron chi connectivity index (χ0n) is 12.4. The predicted octanol–water partition coefficient (Wildman–Crippen LogP) is 3.03. The Kier molecular flexibility index (Phi) is 4.49. The third-order valence-corrected chi connectivity index (χ3v) is 3.98. The van der Waals surface area contributed by atoms with Crippen molar-refractivity contribution in [1.82, 2.24) is 10.3 Å². The van der Waals surface area contributed by atoms with Crippen LogP contribution in [0.4, 0.5) is 0 Å². The number of rotatable bonds is 4. The molecular formula is C16H19ClN2O2. The van der Waals surface area contributed by atoms with E-state index in [-0.39, 0.29) is 18.4 Å². The molecule has 1 aromatic heterocycles. The van der Waals surface area contributed by atoms with Crippen molar-refractivity contribution in [3.8, 4) is 0 Å². The number of carbonyl (C=O) groups excluding carboxylic acids is 1. The Morgan fingerprint density at radius 2 is 2.19 bits per heavy atom. The van der Waals surface area contributed by atoms with Gasteiger partial charge in [-0.2, -0.15) is 0 Å².